The molecule has 0 radical (unpaired) electrons. The van der Waals surface area contributed by atoms with Gasteiger partial charge in [0.25, 0.3) is 5.91 Å². The number of carboxylic acids is 1. The number of amides is 1. The molecule has 0 spiro atoms. The van der Waals surface area contributed by atoms with Gasteiger partial charge in [0.05, 0.1) is 11.0 Å². The van der Waals surface area contributed by atoms with Crippen molar-refractivity contribution in [3.05, 3.63) is 57.3 Å². The van der Waals surface area contributed by atoms with E-state index in [9.17, 15) is 9.59 Å². The first-order valence-electron chi connectivity index (χ1n) is 8.46. The second kappa shape index (κ2) is 8.27. The zero-order valence-corrected chi connectivity index (χ0v) is 14.7. The van der Waals surface area contributed by atoms with Crippen molar-refractivity contribution in [2.24, 2.45) is 0 Å². The number of carbonyl (C=O) groups is 2. The molecule has 1 atom stereocenters. The Morgan fingerprint density at radius 2 is 2.00 bits per heavy atom. The predicted octanol–water partition coefficient (Wildman–Crippen LogP) is 3.66. The lowest BCUT2D eigenvalue weighted by molar-refractivity contribution is 0.0393. The topological polar surface area (TPSA) is 75.6 Å². The van der Waals surface area contributed by atoms with Crippen molar-refractivity contribution in [1.29, 1.82) is 0 Å². The first-order chi connectivity index (χ1) is 12.1. The largest absolute Gasteiger partial charge is 0.477 e. The molecule has 1 aliphatic rings. The summed E-state index contributed by atoms with van der Waals surface area (Å²) in [4.78, 5) is 23.4. The third-order valence-corrected chi connectivity index (χ3v) is 5.35. The van der Waals surface area contributed by atoms with E-state index >= 15 is 0 Å². The lowest BCUT2D eigenvalue weighted by atomic mass is 9.89. The first-order valence-corrected chi connectivity index (χ1v) is 9.27. The average Bonchev–Trinajstić information content (AvgIpc) is 3.12. The van der Waals surface area contributed by atoms with Crippen LogP contribution in [0.1, 0.15) is 55.8 Å². The highest BCUT2D eigenvalue weighted by atomic mass is 32.1. The van der Waals surface area contributed by atoms with Gasteiger partial charge in [0.2, 0.25) is 0 Å². The van der Waals surface area contributed by atoms with E-state index in [0.29, 0.717) is 18.0 Å². The molecule has 5 nitrogen and oxygen atoms in total. The molecule has 2 N–H and O–H groups in total. The van der Waals surface area contributed by atoms with Gasteiger partial charge in [0.1, 0.15) is 4.88 Å². The molecule has 3 rings (SSSR count). The maximum atomic E-state index is 12.0. The number of carboxylic acid groups (broad SMARTS) is 1. The van der Waals surface area contributed by atoms with Crippen molar-refractivity contribution in [2.75, 3.05) is 13.2 Å². The molecule has 2 aromatic rings. The summed E-state index contributed by atoms with van der Waals surface area (Å²) in [7, 11) is 0. The van der Waals surface area contributed by atoms with Crippen LogP contribution in [0.2, 0.25) is 0 Å². The lowest BCUT2D eigenvalue weighted by Crippen LogP contribution is -2.24. The fourth-order valence-electron chi connectivity index (χ4n) is 3.04. The van der Waals surface area contributed by atoms with E-state index in [1.54, 1.807) is 6.07 Å². The number of benzene rings is 1. The van der Waals surface area contributed by atoms with Crippen molar-refractivity contribution in [1.82, 2.24) is 5.32 Å². The van der Waals surface area contributed by atoms with Gasteiger partial charge < -0.3 is 15.2 Å². The van der Waals surface area contributed by atoms with Gasteiger partial charge in [-0.1, -0.05) is 24.3 Å². The molecule has 0 bridgehead atoms. The fourth-order valence-corrected chi connectivity index (χ4v) is 3.81. The Bertz CT molecular complexity index is 755. The maximum absolute atomic E-state index is 12.0. The highest BCUT2D eigenvalue weighted by Gasteiger charge is 2.20. The molecule has 132 valence electrons. The number of carbonyl (C=O) groups excluding carboxylic acids is 1. The summed E-state index contributed by atoms with van der Waals surface area (Å²) in [6, 6.07) is 11.4. The third kappa shape index (κ3) is 4.46. The summed E-state index contributed by atoms with van der Waals surface area (Å²) in [6.45, 7) is 1.09. The van der Waals surface area contributed by atoms with Crippen molar-refractivity contribution < 1.29 is 19.4 Å². The quantitative estimate of drug-likeness (QED) is 0.740. The van der Waals surface area contributed by atoms with Gasteiger partial charge in [0.15, 0.2) is 0 Å². The Morgan fingerprint density at radius 3 is 2.80 bits per heavy atom. The van der Waals surface area contributed by atoms with Crippen LogP contribution in [0, 0.1) is 0 Å². The zero-order chi connectivity index (χ0) is 17.6. The van der Waals surface area contributed by atoms with E-state index in [1.165, 1.54) is 17.2 Å². The molecule has 1 aliphatic carbocycles. The van der Waals surface area contributed by atoms with E-state index in [-0.39, 0.29) is 16.9 Å². The first kappa shape index (κ1) is 17.6. The van der Waals surface area contributed by atoms with E-state index in [1.807, 2.05) is 6.07 Å². The number of fused-ring (bicyclic) bond motifs is 1. The number of thiophene rings is 1. The van der Waals surface area contributed by atoms with Crippen LogP contribution in [0.15, 0.2) is 36.4 Å². The average molecular weight is 359 g/mol. The second-order valence-corrected chi connectivity index (χ2v) is 7.11. The zero-order valence-electron chi connectivity index (χ0n) is 13.9. The molecular formula is C19H21NO4S. The highest BCUT2D eigenvalue weighted by Crippen LogP contribution is 2.32. The molecule has 25 heavy (non-hydrogen) atoms. The monoisotopic (exact) mass is 359 g/mol. The number of aryl methyl sites for hydroxylation is 1. The summed E-state index contributed by atoms with van der Waals surface area (Å²) < 4.78 is 6.01. The van der Waals surface area contributed by atoms with Crippen LogP contribution in [0.3, 0.4) is 0 Å². The van der Waals surface area contributed by atoms with Crippen molar-refractivity contribution in [3.8, 4) is 0 Å². The van der Waals surface area contributed by atoms with Crippen LogP contribution in [0.5, 0.6) is 0 Å². The summed E-state index contributed by atoms with van der Waals surface area (Å²) in [6.07, 6.45) is 4.17. The molecule has 1 unspecified atom stereocenters. The molecule has 0 saturated heterocycles. The van der Waals surface area contributed by atoms with Crippen LogP contribution in [0.4, 0.5) is 0 Å². The van der Waals surface area contributed by atoms with E-state index in [2.05, 4.69) is 23.5 Å². The minimum atomic E-state index is -1.01. The van der Waals surface area contributed by atoms with Crippen LogP contribution in [-0.2, 0) is 11.2 Å². The van der Waals surface area contributed by atoms with Gasteiger partial charge in [-0.25, -0.2) is 4.79 Å². The molecule has 6 heteroatoms. The molecule has 0 aliphatic heterocycles. The normalized spacial score (nSPS) is 16.2. The van der Waals surface area contributed by atoms with Crippen molar-refractivity contribution in [2.45, 2.75) is 31.8 Å². The number of ether oxygens (including phenoxy) is 1. The standard InChI is InChI=1S/C19H21NO4S/c21-18(16-9-10-17(25-16)19(22)23)20-11-4-12-24-15-8-3-6-13-5-1-2-7-14(13)15/h1-2,5,7,9-10,15H,3-4,6,8,11-12H2,(H,20,21)(H,22,23). The van der Waals surface area contributed by atoms with Crippen LogP contribution < -0.4 is 5.32 Å². The number of hydrogen-bond acceptors (Lipinski definition) is 4. The molecule has 1 aromatic carbocycles. The number of nitrogens with one attached hydrogen (secondary N) is 1. The number of rotatable bonds is 7. The van der Waals surface area contributed by atoms with Gasteiger partial charge in [-0.15, -0.1) is 11.3 Å². The highest BCUT2D eigenvalue weighted by molar-refractivity contribution is 7.15. The van der Waals surface area contributed by atoms with Gasteiger partial charge in [-0.3, -0.25) is 4.79 Å². The SMILES string of the molecule is O=C(O)c1ccc(C(=O)NCCCOC2CCCc3ccccc32)s1. The minimum absolute atomic E-state index is 0.149. The predicted molar refractivity (Wildman–Crippen MR) is 96.3 cm³/mol. The Kier molecular flexibility index (Phi) is 5.83. The van der Waals surface area contributed by atoms with Crippen LogP contribution in [-0.4, -0.2) is 30.1 Å². The van der Waals surface area contributed by atoms with E-state index in [4.69, 9.17) is 9.84 Å². The maximum Gasteiger partial charge on any atom is 0.345 e. The summed E-state index contributed by atoms with van der Waals surface area (Å²) >= 11 is 0.985. The Hall–Kier alpha value is -2.18. The van der Waals surface area contributed by atoms with Gasteiger partial charge in [0, 0.05) is 13.2 Å². The van der Waals surface area contributed by atoms with Gasteiger partial charge in [-0.05, 0) is 48.9 Å². The lowest BCUT2D eigenvalue weighted by Gasteiger charge is -2.25. The molecule has 0 saturated carbocycles. The van der Waals surface area contributed by atoms with E-state index < -0.39 is 5.97 Å². The molecule has 0 fully saturated rings. The molecule has 1 aromatic heterocycles. The number of hydrogen-bond donors (Lipinski definition) is 2. The van der Waals surface area contributed by atoms with Gasteiger partial charge in [-0.2, -0.15) is 0 Å². The third-order valence-electron chi connectivity index (χ3n) is 4.28. The summed E-state index contributed by atoms with van der Waals surface area (Å²) in [5.74, 6) is -1.24. The van der Waals surface area contributed by atoms with Crippen molar-refractivity contribution in [3.63, 3.8) is 0 Å². The Labute approximate surface area is 150 Å². The van der Waals surface area contributed by atoms with E-state index in [0.717, 1.165) is 37.0 Å². The Balaban J connectivity index is 1.40. The second-order valence-electron chi connectivity index (χ2n) is 6.03. The molecular weight excluding hydrogens is 338 g/mol. The summed E-state index contributed by atoms with van der Waals surface area (Å²) in [5, 5.41) is 11.7. The smallest absolute Gasteiger partial charge is 0.345 e. The number of aromatic carboxylic acids is 1. The van der Waals surface area contributed by atoms with Crippen LogP contribution >= 0.6 is 11.3 Å². The van der Waals surface area contributed by atoms with Crippen LogP contribution in [0.25, 0.3) is 0 Å². The van der Waals surface area contributed by atoms with Crippen molar-refractivity contribution >= 4 is 23.2 Å². The molecule has 1 amide bonds. The minimum Gasteiger partial charge on any atom is -0.477 e. The fraction of sp³-hybridized carbons (Fsp3) is 0.368. The summed E-state index contributed by atoms with van der Waals surface area (Å²) in [5.41, 5.74) is 2.66. The van der Waals surface area contributed by atoms with Gasteiger partial charge >= 0.3 is 5.97 Å². The molecule has 1 heterocycles. The Morgan fingerprint density at radius 1 is 1.20 bits per heavy atom.